The monoisotopic (exact) mass is 167 g/mol. The number of ether oxygens (including phenoxy) is 1. The number of hydrogen-bond donors (Lipinski definition) is 1. The third-order valence-corrected chi connectivity index (χ3v) is 1.75. The number of nitrogens with zero attached hydrogens (tertiary/aromatic N) is 2. The number of nitrogen functional groups attached to an aromatic ring is 1. The molecule has 1 aromatic heterocycles. The summed E-state index contributed by atoms with van der Waals surface area (Å²) in [5, 5.41) is 0. The van der Waals surface area contributed by atoms with E-state index in [2.05, 4.69) is 9.97 Å². The summed E-state index contributed by atoms with van der Waals surface area (Å²) < 4.78 is 5.04. The molecule has 0 aromatic carbocycles. The number of aromatic nitrogens is 2. The van der Waals surface area contributed by atoms with Gasteiger partial charge in [0.25, 0.3) is 0 Å². The topological polar surface area (TPSA) is 61.0 Å². The summed E-state index contributed by atoms with van der Waals surface area (Å²) in [4.78, 5) is 8.03. The number of nitrogens with two attached hydrogens (primary N) is 1. The Morgan fingerprint density at radius 1 is 1.42 bits per heavy atom. The van der Waals surface area contributed by atoms with E-state index >= 15 is 0 Å². The maximum Gasteiger partial charge on any atom is 0.223 e. The molecule has 0 saturated heterocycles. The molecule has 0 saturated carbocycles. The van der Waals surface area contributed by atoms with E-state index < -0.39 is 0 Å². The van der Waals surface area contributed by atoms with Gasteiger partial charge in [0.2, 0.25) is 11.8 Å². The number of rotatable bonds is 2. The predicted octanol–water partition coefficient (Wildman–Crippen LogP) is 0.938. The number of hydrogen-bond acceptors (Lipinski definition) is 4. The van der Waals surface area contributed by atoms with E-state index in [-0.39, 0.29) is 5.95 Å². The van der Waals surface area contributed by atoms with Crippen LogP contribution in [0.4, 0.5) is 5.95 Å². The summed E-state index contributed by atoms with van der Waals surface area (Å²) >= 11 is 0. The smallest absolute Gasteiger partial charge is 0.223 e. The second-order valence-corrected chi connectivity index (χ2v) is 2.52. The third-order valence-electron chi connectivity index (χ3n) is 1.75. The Morgan fingerprint density at radius 2 is 2.08 bits per heavy atom. The molecule has 66 valence electrons. The minimum absolute atomic E-state index is 0.273. The number of methoxy groups -OCH3 is 1. The molecular weight excluding hydrogens is 154 g/mol. The van der Waals surface area contributed by atoms with Gasteiger partial charge in [-0.15, -0.1) is 0 Å². The van der Waals surface area contributed by atoms with E-state index in [1.165, 1.54) is 0 Å². The van der Waals surface area contributed by atoms with Crippen LogP contribution in [-0.4, -0.2) is 17.1 Å². The summed E-state index contributed by atoms with van der Waals surface area (Å²) in [6.07, 6.45) is 0.842. The fourth-order valence-electron chi connectivity index (χ4n) is 1.10. The van der Waals surface area contributed by atoms with Crippen LogP contribution in [0.25, 0.3) is 0 Å². The second kappa shape index (κ2) is 3.38. The van der Waals surface area contributed by atoms with Gasteiger partial charge in [-0.2, -0.15) is 4.98 Å². The van der Waals surface area contributed by atoms with E-state index in [4.69, 9.17) is 10.5 Å². The largest absolute Gasteiger partial charge is 0.481 e. The van der Waals surface area contributed by atoms with Gasteiger partial charge in [-0.1, -0.05) is 6.92 Å². The molecule has 2 N–H and O–H groups in total. The first kappa shape index (κ1) is 8.77. The Balaban J connectivity index is 3.22. The highest BCUT2D eigenvalue weighted by molar-refractivity contribution is 5.34. The van der Waals surface area contributed by atoms with Gasteiger partial charge in [-0.25, -0.2) is 4.98 Å². The van der Waals surface area contributed by atoms with Crippen molar-refractivity contribution in [3.63, 3.8) is 0 Å². The highest BCUT2D eigenvalue weighted by atomic mass is 16.5. The van der Waals surface area contributed by atoms with Crippen molar-refractivity contribution >= 4 is 5.95 Å². The summed E-state index contributed by atoms with van der Waals surface area (Å²) in [7, 11) is 1.58. The van der Waals surface area contributed by atoms with E-state index in [0.29, 0.717) is 5.88 Å². The molecule has 1 aromatic rings. The molecule has 4 heteroatoms. The average Bonchev–Trinajstić information content (AvgIpc) is 2.08. The molecule has 0 unspecified atom stereocenters. The van der Waals surface area contributed by atoms with Crippen LogP contribution in [0.1, 0.15) is 18.2 Å². The molecule has 4 nitrogen and oxygen atoms in total. The Kier molecular flexibility index (Phi) is 2.47. The lowest BCUT2D eigenvalue weighted by molar-refractivity contribution is 0.393. The van der Waals surface area contributed by atoms with E-state index in [1.54, 1.807) is 7.11 Å². The van der Waals surface area contributed by atoms with Gasteiger partial charge < -0.3 is 10.5 Å². The van der Waals surface area contributed by atoms with E-state index in [0.717, 1.165) is 17.7 Å². The van der Waals surface area contributed by atoms with Gasteiger partial charge in [-0.3, -0.25) is 0 Å². The lowest BCUT2D eigenvalue weighted by Gasteiger charge is -2.07. The van der Waals surface area contributed by atoms with Crippen molar-refractivity contribution in [3.8, 4) is 5.88 Å². The van der Waals surface area contributed by atoms with Crippen molar-refractivity contribution in [2.24, 2.45) is 0 Å². The van der Waals surface area contributed by atoms with E-state index in [9.17, 15) is 0 Å². The fraction of sp³-hybridized carbons (Fsp3) is 0.500. The zero-order valence-electron chi connectivity index (χ0n) is 7.59. The molecule has 0 radical (unpaired) electrons. The maximum absolute atomic E-state index is 5.48. The lowest BCUT2D eigenvalue weighted by atomic mass is 10.2. The van der Waals surface area contributed by atoms with Crippen molar-refractivity contribution in [2.75, 3.05) is 12.8 Å². The molecule has 0 spiro atoms. The van der Waals surface area contributed by atoms with Crippen LogP contribution in [0.15, 0.2) is 0 Å². The Bertz CT molecular complexity index is 261. The summed E-state index contributed by atoms with van der Waals surface area (Å²) in [6.45, 7) is 3.95. The molecule has 0 aliphatic carbocycles. The minimum Gasteiger partial charge on any atom is -0.481 e. The first-order chi connectivity index (χ1) is 5.69. The van der Waals surface area contributed by atoms with Crippen molar-refractivity contribution in [1.82, 2.24) is 9.97 Å². The molecule has 0 fully saturated rings. The van der Waals surface area contributed by atoms with Gasteiger partial charge in [0.15, 0.2) is 0 Å². The fourth-order valence-corrected chi connectivity index (χ4v) is 1.10. The molecule has 0 amide bonds. The summed E-state index contributed by atoms with van der Waals surface area (Å²) in [5.41, 5.74) is 7.39. The Morgan fingerprint density at radius 3 is 2.58 bits per heavy atom. The van der Waals surface area contributed by atoms with Crippen LogP contribution in [0.5, 0.6) is 5.88 Å². The molecule has 0 bridgehead atoms. The van der Waals surface area contributed by atoms with Crippen molar-refractivity contribution < 1.29 is 4.74 Å². The van der Waals surface area contributed by atoms with E-state index in [1.807, 2.05) is 13.8 Å². The number of anilines is 1. The zero-order valence-corrected chi connectivity index (χ0v) is 7.59. The number of aryl methyl sites for hydroxylation is 1. The Hall–Kier alpha value is -1.32. The first-order valence-electron chi connectivity index (χ1n) is 3.86. The van der Waals surface area contributed by atoms with Gasteiger partial charge in [-0.05, 0) is 13.3 Å². The van der Waals surface area contributed by atoms with Crippen LogP contribution < -0.4 is 10.5 Å². The molecule has 0 aliphatic heterocycles. The van der Waals surface area contributed by atoms with Crippen LogP contribution in [0.3, 0.4) is 0 Å². The highest BCUT2D eigenvalue weighted by Crippen LogP contribution is 2.18. The minimum atomic E-state index is 0.273. The second-order valence-electron chi connectivity index (χ2n) is 2.52. The standard InChI is InChI=1S/C8H13N3O/c1-4-6-5(2)7(12-3)11-8(9)10-6/h4H2,1-3H3,(H2,9,10,11). The van der Waals surface area contributed by atoms with Gasteiger partial charge in [0.05, 0.1) is 12.8 Å². The SMILES string of the molecule is CCc1nc(N)nc(OC)c1C. The molecular formula is C8H13N3O. The van der Waals surface area contributed by atoms with Gasteiger partial charge in [0.1, 0.15) is 0 Å². The maximum atomic E-state index is 5.48. The van der Waals surface area contributed by atoms with Crippen LogP contribution >= 0.6 is 0 Å². The normalized spacial score (nSPS) is 9.92. The van der Waals surface area contributed by atoms with Crippen LogP contribution in [0.2, 0.25) is 0 Å². The third kappa shape index (κ3) is 1.47. The van der Waals surface area contributed by atoms with Gasteiger partial charge >= 0.3 is 0 Å². The predicted molar refractivity (Wildman–Crippen MR) is 47.1 cm³/mol. The molecule has 1 heterocycles. The average molecular weight is 167 g/mol. The summed E-state index contributed by atoms with van der Waals surface area (Å²) in [6, 6.07) is 0. The highest BCUT2D eigenvalue weighted by Gasteiger charge is 2.07. The Labute approximate surface area is 71.8 Å². The molecule has 1 rings (SSSR count). The van der Waals surface area contributed by atoms with Crippen molar-refractivity contribution in [3.05, 3.63) is 11.3 Å². The van der Waals surface area contributed by atoms with Crippen molar-refractivity contribution in [1.29, 1.82) is 0 Å². The quantitative estimate of drug-likeness (QED) is 0.712. The molecule has 12 heavy (non-hydrogen) atoms. The first-order valence-corrected chi connectivity index (χ1v) is 3.86. The summed E-state index contributed by atoms with van der Waals surface area (Å²) in [5.74, 6) is 0.841. The molecule has 0 aliphatic rings. The van der Waals surface area contributed by atoms with Crippen LogP contribution in [0, 0.1) is 6.92 Å². The van der Waals surface area contributed by atoms with Crippen molar-refractivity contribution in [2.45, 2.75) is 20.3 Å². The lowest BCUT2D eigenvalue weighted by Crippen LogP contribution is -2.04. The van der Waals surface area contributed by atoms with Gasteiger partial charge in [0, 0.05) is 5.56 Å². The van der Waals surface area contributed by atoms with Crippen LogP contribution in [-0.2, 0) is 6.42 Å². The molecule has 0 atom stereocenters. The zero-order chi connectivity index (χ0) is 9.14.